The SMILES string of the molecule is CC(C)C[C@H](NC(=O)[C@H](CCCCN)NC(=O)[C@H](CC(C)C)NC(=O)[C@H](CCCCN)NC(=O)[C@H](CC(C)C)NC(=O)[C@H](CCCCN)NC(=O)[C@H](Cc1ccccc1)NC(=O)[C@@H]1CCCN1)C(N)=O. The van der Waals surface area contributed by atoms with Crippen molar-refractivity contribution in [3.05, 3.63) is 35.9 Å². The lowest BCUT2D eigenvalue weighted by Gasteiger charge is -2.29. The zero-order chi connectivity index (χ0) is 52.2. The minimum absolute atomic E-state index is 0.0454. The van der Waals surface area contributed by atoms with Gasteiger partial charge in [0.1, 0.15) is 42.3 Å². The van der Waals surface area contributed by atoms with Crippen LogP contribution in [0.5, 0.6) is 0 Å². The molecule has 1 aromatic rings. The molecule has 0 saturated carbocycles. The maximum Gasteiger partial charge on any atom is 0.243 e. The lowest BCUT2D eigenvalue weighted by atomic mass is 9.99. The van der Waals surface area contributed by atoms with Crippen LogP contribution in [-0.4, -0.2) is 122 Å². The molecule has 8 atom stereocenters. The van der Waals surface area contributed by atoms with Crippen LogP contribution in [0.3, 0.4) is 0 Å². The number of carbonyl (C=O) groups excluding carboxylic acids is 8. The number of nitrogens with one attached hydrogen (secondary N) is 8. The summed E-state index contributed by atoms with van der Waals surface area (Å²) in [4.78, 5) is 110. The molecule has 0 aliphatic carbocycles. The second-order valence-corrected chi connectivity index (χ2v) is 19.9. The number of unbranched alkanes of at least 4 members (excludes halogenated alkanes) is 3. The number of amides is 8. The molecule has 1 saturated heterocycles. The molecule has 20 nitrogen and oxygen atoms in total. The smallest absolute Gasteiger partial charge is 0.243 e. The van der Waals surface area contributed by atoms with Crippen LogP contribution < -0.4 is 65.5 Å². The van der Waals surface area contributed by atoms with Crippen LogP contribution in [0.25, 0.3) is 0 Å². The fourth-order valence-corrected chi connectivity index (χ4v) is 8.28. The molecule has 0 bridgehead atoms. The summed E-state index contributed by atoms with van der Waals surface area (Å²) in [6.45, 7) is 13.0. The molecule has 16 N–H and O–H groups in total. The Morgan fingerprint density at radius 3 is 1.21 bits per heavy atom. The lowest BCUT2D eigenvalue weighted by molar-refractivity contribution is -0.136. The summed E-state index contributed by atoms with van der Waals surface area (Å²) >= 11 is 0. The second-order valence-electron chi connectivity index (χ2n) is 19.9. The van der Waals surface area contributed by atoms with Gasteiger partial charge in [-0.05, 0) is 139 Å². The molecule has 70 heavy (non-hydrogen) atoms. The lowest BCUT2D eigenvalue weighted by Crippen LogP contribution is -2.60. The molecule has 8 amide bonds. The van der Waals surface area contributed by atoms with E-state index < -0.39 is 89.7 Å². The highest BCUT2D eigenvalue weighted by molar-refractivity contribution is 5.97. The number of benzene rings is 1. The Hall–Kier alpha value is -5.18. The Balaban J connectivity index is 2.39. The highest BCUT2D eigenvalue weighted by Crippen LogP contribution is 2.14. The van der Waals surface area contributed by atoms with E-state index in [0.717, 1.165) is 12.0 Å². The summed E-state index contributed by atoms with van der Waals surface area (Å²) in [5.74, 6) is -4.86. The molecule has 1 aliphatic heterocycles. The van der Waals surface area contributed by atoms with Gasteiger partial charge in [-0.3, -0.25) is 38.4 Å². The Morgan fingerprint density at radius 2 is 0.857 bits per heavy atom. The third-order valence-electron chi connectivity index (χ3n) is 12.1. The number of hydrogen-bond acceptors (Lipinski definition) is 12. The summed E-state index contributed by atoms with van der Waals surface area (Å²) in [6, 6.07) is 1.26. The highest BCUT2D eigenvalue weighted by Gasteiger charge is 2.35. The van der Waals surface area contributed by atoms with Crippen LogP contribution >= 0.6 is 0 Å². The van der Waals surface area contributed by atoms with Crippen molar-refractivity contribution in [3.8, 4) is 0 Å². The van der Waals surface area contributed by atoms with E-state index in [2.05, 4.69) is 42.5 Å². The van der Waals surface area contributed by atoms with E-state index in [1.807, 2.05) is 71.9 Å². The van der Waals surface area contributed by atoms with Crippen molar-refractivity contribution in [2.45, 2.75) is 186 Å². The monoisotopic (exact) mass is 985 g/mol. The van der Waals surface area contributed by atoms with E-state index in [0.29, 0.717) is 77.5 Å². The topological polar surface area (TPSA) is 337 Å². The van der Waals surface area contributed by atoms with E-state index in [1.165, 1.54) is 0 Å². The van der Waals surface area contributed by atoms with Gasteiger partial charge in [-0.15, -0.1) is 0 Å². The first kappa shape index (κ1) is 60.9. The number of nitrogens with two attached hydrogens (primary N) is 4. The standard InChI is InChI=1S/C50H88N12O8/c1-31(2)27-39(43(54)63)59-45(65)36(19-10-13-23-51)56-48(68)40(28-32(3)4)60-46(66)37(20-11-14-24-52)57-49(69)41(29-33(5)6)61-47(67)38(21-12-15-25-53)58-50(70)42(30-34-17-8-7-9-18-34)62-44(64)35-22-16-26-55-35/h7-9,17-18,31-33,35-42,55H,10-16,19-30,51-53H2,1-6H3,(H2,54,63)(H,56,68)(H,57,69)(H,58,70)(H,59,65)(H,60,66)(H,61,67)(H,62,64)/t35-,36-,37-,38-,39-,40-,41-,42-/m0/s1. The number of primary amides is 1. The van der Waals surface area contributed by atoms with Gasteiger partial charge in [0, 0.05) is 6.42 Å². The van der Waals surface area contributed by atoms with Gasteiger partial charge in [0.25, 0.3) is 0 Å². The van der Waals surface area contributed by atoms with Crippen LogP contribution in [0.4, 0.5) is 0 Å². The fraction of sp³-hybridized carbons (Fsp3) is 0.720. The van der Waals surface area contributed by atoms with Crippen molar-refractivity contribution in [1.29, 1.82) is 0 Å². The molecular formula is C50H88N12O8. The van der Waals surface area contributed by atoms with Crippen LogP contribution in [0.2, 0.25) is 0 Å². The van der Waals surface area contributed by atoms with Crippen molar-refractivity contribution in [2.24, 2.45) is 40.7 Å². The number of carbonyl (C=O) groups is 8. The van der Waals surface area contributed by atoms with E-state index in [4.69, 9.17) is 22.9 Å². The maximum atomic E-state index is 14.3. The number of hydrogen-bond donors (Lipinski definition) is 12. The predicted octanol–water partition coefficient (Wildman–Crippen LogP) is 0.385. The van der Waals surface area contributed by atoms with Gasteiger partial charge in [-0.25, -0.2) is 0 Å². The highest BCUT2D eigenvalue weighted by atomic mass is 16.2. The minimum atomic E-state index is -1.15. The first-order valence-corrected chi connectivity index (χ1v) is 25.6. The molecule has 1 heterocycles. The third-order valence-corrected chi connectivity index (χ3v) is 12.1. The Bertz CT molecular complexity index is 1780. The first-order valence-electron chi connectivity index (χ1n) is 25.6. The number of rotatable bonds is 35. The van der Waals surface area contributed by atoms with Crippen molar-refractivity contribution >= 4 is 47.3 Å². The average Bonchev–Trinajstić information content (AvgIpc) is 3.85. The molecule has 0 radical (unpaired) electrons. The average molecular weight is 985 g/mol. The molecule has 1 aliphatic rings. The Kier molecular flexibility index (Phi) is 29.1. The summed E-state index contributed by atoms with van der Waals surface area (Å²) in [5.41, 5.74) is 23.8. The van der Waals surface area contributed by atoms with Crippen LogP contribution in [-0.2, 0) is 44.8 Å². The zero-order valence-electron chi connectivity index (χ0n) is 42.7. The molecule has 2 rings (SSSR count). The summed E-state index contributed by atoms with van der Waals surface area (Å²) in [5, 5.41) is 22.9. The Labute approximate surface area is 416 Å². The van der Waals surface area contributed by atoms with Crippen molar-refractivity contribution in [3.63, 3.8) is 0 Å². The molecule has 0 unspecified atom stereocenters. The second kappa shape index (κ2) is 33.4. The van der Waals surface area contributed by atoms with Gasteiger partial charge in [-0.2, -0.15) is 0 Å². The summed E-state index contributed by atoms with van der Waals surface area (Å²) < 4.78 is 0. The van der Waals surface area contributed by atoms with E-state index in [-0.39, 0.29) is 62.2 Å². The quantitative estimate of drug-likeness (QED) is 0.0411. The van der Waals surface area contributed by atoms with Gasteiger partial charge < -0.3 is 65.5 Å². The maximum absolute atomic E-state index is 14.3. The molecule has 20 heteroatoms. The fourth-order valence-electron chi connectivity index (χ4n) is 8.28. The Morgan fingerprint density at radius 1 is 0.500 bits per heavy atom. The predicted molar refractivity (Wildman–Crippen MR) is 271 cm³/mol. The minimum Gasteiger partial charge on any atom is -0.368 e. The first-order chi connectivity index (χ1) is 33.3. The van der Waals surface area contributed by atoms with Gasteiger partial charge in [0.2, 0.25) is 47.3 Å². The summed E-state index contributed by atoms with van der Waals surface area (Å²) in [6.07, 6.45) is 5.99. The summed E-state index contributed by atoms with van der Waals surface area (Å²) in [7, 11) is 0. The molecule has 396 valence electrons. The molecule has 1 fully saturated rings. The zero-order valence-corrected chi connectivity index (χ0v) is 42.7. The van der Waals surface area contributed by atoms with Crippen LogP contribution in [0.15, 0.2) is 30.3 Å². The van der Waals surface area contributed by atoms with E-state index in [1.54, 1.807) is 0 Å². The van der Waals surface area contributed by atoms with Crippen LogP contribution in [0.1, 0.15) is 137 Å². The molecule has 0 aromatic heterocycles. The van der Waals surface area contributed by atoms with E-state index >= 15 is 0 Å². The van der Waals surface area contributed by atoms with Gasteiger partial charge in [0.15, 0.2) is 0 Å². The van der Waals surface area contributed by atoms with Crippen molar-refractivity contribution in [1.82, 2.24) is 42.5 Å². The molecule has 0 spiro atoms. The third kappa shape index (κ3) is 23.6. The van der Waals surface area contributed by atoms with Gasteiger partial charge in [0.05, 0.1) is 6.04 Å². The molecule has 1 aromatic carbocycles. The van der Waals surface area contributed by atoms with Crippen LogP contribution in [0, 0.1) is 17.8 Å². The van der Waals surface area contributed by atoms with Crippen molar-refractivity contribution in [2.75, 3.05) is 26.2 Å². The van der Waals surface area contributed by atoms with E-state index in [9.17, 15) is 38.4 Å². The largest absolute Gasteiger partial charge is 0.368 e. The van der Waals surface area contributed by atoms with Gasteiger partial charge in [-0.1, -0.05) is 71.9 Å². The van der Waals surface area contributed by atoms with Crippen molar-refractivity contribution < 1.29 is 38.4 Å². The normalized spacial score (nSPS) is 16.5. The van der Waals surface area contributed by atoms with Gasteiger partial charge >= 0.3 is 0 Å². The molecular weight excluding hydrogens is 897 g/mol.